The van der Waals surface area contributed by atoms with Gasteiger partial charge in [-0.2, -0.15) is 0 Å². The average molecular weight is 309 g/mol. The Morgan fingerprint density at radius 1 is 1.24 bits per heavy atom. The Kier molecular flexibility index (Phi) is 4.98. The zero-order valence-electron chi connectivity index (χ0n) is 13.0. The summed E-state index contributed by atoms with van der Waals surface area (Å²) >= 11 is 0. The Bertz CT molecular complexity index is 720. The van der Waals surface area contributed by atoms with E-state index in [4.69, 9.17) is 0 Å². The molecule has 5 nitrogen and oxygen atoms in total. The van der Waals surface area contributed by atoms with Crippen LogP contribution < -0.4 is 0 Å². The van der Waals surface area contributed by atoms with Crippen molar-refractivity contribution in [3.05, 3.63) is 23.8 Å². The third kappa shape index (κ3) is 4.03. The minimum Gasteiger partial charge on any atom is -0.328 e. The highest BCUT2D eigenvalue weighted by molar-refractivity contribution is 7.90. The van der Waals surface area contributed by atoms with E-state index in [1.54, 1.807) is 6.20 Å². The molecular weight excluding hydrogens is 286 g/mol. The Morgan fingerprint density at radius 3 is 2.67 bits per heavy atom. The molecular formula is C15H23N3O2S. The van der Waals surface area contributed by atoms with Crippen LogP contribution in [0.15, 0.2) is 12.4 Å². The van der Waals surface area contributed by atoms with Gasteiger partial charge in [-0.1, -0.05) is 13.3 Å². The van der Waals surface area contributed by atoms with Gasteiger partial charge in [0.15, 0.2) is 0 Å². The lowest BCUT2D eigenvalue weighted by Gasteiger charge is -2.10. The Hall–Kier alpha value is -1.43. The molecule has 0 aliphatic carbocycles. The fraction of sp³-hybridized carbons (Fsp3) is 0.600. The Balaban J connectivity index is 2.32. The van der Waals surface area contributed by atoms with E-state index in [9.17, 15) is 8.42 Å². The quantitative estimate of drug-likeness (QED) is 0.788. The van der Waals surface area contributed by atoms with Crippen LogP contribution in [0.2, 0.25) is 0 Å². The van der Waals surface area contributed by atoms with E-state index in [2.05, 4.69) is 21.5 Å². The summed E-state index contributed by atoms with van der Waals surface area (Å²) < 4.78 is 24.8. The molecule has 0 aromatic carbocycles. The summed E-state index contributed by atoms with van der Waals surface area (Å²) in [6, 6.07) is 0. The van der Waals surface area contributed by atoms with Gasteiger partial charge in [0.1, 0.15) is 21.2 Å². The van der Waals surface area contributed by atoms with Gasteiger partial charge in [-0.05, 0) is 25.3 Å². The van der Waals surface area contributed by atoms with E-state index >= 15 is 0 Å². The smallest absolute Gasteiger partial charge is 0.147 e. The normalized spacial score (nSPS) is 12.1. The number of nitrogens with zero attached hydrogens (tertiary/aromatic N) is 3. The zero-order valence-corrected chi connectivity index (χ0v) is 13.8. The molecule has 0 bridgehead atoms. The maximum atomic E-state index is 11.3. The monoisotopic (exact) mass is 309 g/mol. The first-order chi connectivity index (χ1) is 9.92. The molecule has 2 aromatic rings. The highest BCUT2D eigenvalue weighted by atomic mass is 32.2. The van der Waals surface area contributed by atoms with Gasteiger partial charge in [0.2, 0.25) is 0 Å². The minimum atomic E-state index is -2.92. The van der Waals surface area contributed by atoms with Gasteiger partial charge in [-0.25, -0.2) is 13.4 Å². The molecule has 0 saturated carbocycles. The maximum absolute atomic E-state index is 11.3. The number of imidazole rings is 1. The summed E-state index contributed by atoms with van der Waals surface area (Å²) in [6.45, 7) is 4.87. The van der Waals surface area contributed by atoms with Crippen molar-refractivity contribution in [2.24, 2.45) is 0 Å². The summed E-state index contributed by atoms with van der Waals surface area (Å²) in [5.74, 6) is 1.25. The molecule has 0 atom stereocenters. The van der Waals surface area contributed by atoms with Crippen LogP contribution in [0.1, 0.15) is 37.6 Å². The largest absolute Gasteiger partial charge is 0.328 e. The Labute approximate surface area is 126 Å². The van der Waals surface area contributed by atoms with Crippen molar-refractivity contribution in [2.75, 3.05) is 12.0 Å². The number of unbranched alkanes of at least 4 members (excludes halogenated alkanes) is 1. The lowest BCUT2D eigenvalue weighted by molar-refractivity contribution is 0.588. The lowest BCUT2D eigenvalue weighted by atomic mass is 10.2. The van der Waals surface area contributed by atoms with E-state index in [1.165, 1.54) is 6.26 Å². The van der Waals surface area contributed by atoms with E-state index in [0.717, 1.165) is 41.7 Å². The number of aromatic nitrogens is 3. The van der Waals surface area contributed by atoms with Crippen molar-refractivity contribution in [1.82, 2.24) is 14.5 Å². The molecule has 116 valence electrons. The highest BCUT2D eigenvalue weighted by Crippen LogP contribution is 2.20. The molecule has 21 heavy (non-hydrogen) atoms. The summed E-state index contributed by atoms with van der Waals surface area (Å²) in [5, 5.41) is 0. The number of sulfone groups is 1. The minimum absolute atomic E-state index is 0.212. The average Bonchev–Trinajstić information content (AvgIpc) is 2.74. The number of hydrogen-bond donors (Lipinski definition) is 0. The van der Waals surface area contributed by atoms with Crippen molar-refractivity contribution in [3.8, 4) is 0 Å². The van der Waals surface area contributed by atoms with Crippen molar-refractivity contribution in [2.45, 2.75) is 46.1 Å². The number of aryl methyl sites for hydroxylation is 3. The maximum Gasteiger partial charge on any atom is 0.147 e. The summed E-state index contributed by atoms with van der Waals surface area (Å²) in [6.07, 6.45) is 8.64. The van der Waals surface area contributed by atoms with Crippen molar-refractivity contribution < 1.29 is 8.42 Å². The molecule has 0 amide bonds. The zero-order chi connectivity index (χ0) is 15.5. The third-order valence-corrected chi connectivity index (χ3v) is 4.59. The lowest BCUT2D eigenvalue weighted by Crippen LogP contribution is -2.10. The summed E-state index contributed by atoms with van der Waals surface area (Å²) in [7, 11) is -2.92. The van der Waals surface area contributed by atoms with Crippen LogP contribution in [0, 0.1) is 6.92 Å². The molecule has 2 rings (SSSR count). The van der Waals surface area contributed by atoms with Gasteiger partial charge in [-0.3, -0.25) is 4.98 Å². The van der Waals surface area contributed by atoms with Crippen LogP contribution in [0.25, 0.3) is 11.0 Å². The molecule has 6 heteroatoms. The Morgan fingerprint density at radius 2 is 2.00 bits per heavy atom. The van der Waals surface area contributed by atoms with E-state index in [-0.39, 0.29) is 5.75 Å². The summed E-state index contributed by atoms with van der Waals surface area (Å²) in [5.41, 5.74) is 3.08. The fourth-order valence-corrected chi connectivity index (χ4v) is 3.21. The van der Waals surface area contributed by atoms with Crippen molar-refractivity contribution in [3.63, 3.8) is 0 Å². The van der Waals surface area contributed by atoms with Crippen LogP contribution in [0.5, 0.6) is 0 Å². The molecule has 0 aliphatic heterocycles. The van der Waals surface area contributed by atoms with Crippen LogP contribution in [0.3, 0.4) is 0 Å². The van der Waals surface area contributed by atoms with E-state index in [1.807, 2.05) is 13.1 Å². The summed E-state index contributed by atoms with van der Waals surface area (Å²) in [4.78, 5) is 8.87. The molecule has 0 radical (unpaired) electrons. The van der Waals surface area contributed by atoms with Crippen LogP contribution in [-0.4, -0.2) is 35.0 Å². The number of hydrogen-bond acceptors (Lipinski definition) is 4. The third-order valence-electron chi connectivity index (χ3n) is 3.56. The second-order valence-electron chi connectivity index (χ2n) is 5.59. The molecule has 2 aromatic heterocycles. The predicted molar refractivity (Wildman–Crippen MR) is 85.2 cm³/mol. The van der Waals surface area contributed by atoms with Gasteiger partial charge >= 0.3 is 0 Å². The second kappa shape index (κ2) is 6.56. The van der Waals surface area contributed by atoms with Crippen molar-refractivity contribution >= 4 is 20.9 Å². The van der Waals surface area contributed by atoms with E-state index in [0.29, 0.717) is 13.0 Å². The number of rotatable bonds is 7. The van der Waals surface area contributed by atoms with Crippen LogP contribution in [0.4, 0.5) is 0 Å². The molecule has 0 spiro atoms. The SMILES string of the molecule is CCCCc1nc2cncc(C)c2n1CCCS(C)(=O)=O. The topological polar surface area (TPSA) is 64.8 Å². The fourth-order valence-electron chi connectivity index (χ4n) is 2.56. The van der Waals surface area contributed by atoms with Gasteiger partial charge in [0.05, 0.1) is 17.5 Å². The molecule has 2 heterocycles. The predicted octanol–water partition coefficient (Wildman–Crippen LogP) is 2.52. The standard InChI is InChI=1S/C15H23N3O2S/c1-4-5-7-14-17-13-11-16-10-12(2)15(13)18(14)8-6-9-21(3,19)20/h10-11H,4-9H2,1-3H3. The van der Waals surface area contributed by atoms with Gasteiger partial charge in [0, 0.05) is 25.4 Å². The molecule has 0 aliphatic rings. The first-order valence-electron chi connectivity index (χ1n) is 7.40. The first-order valence-corrected chi connectivity index (χ1v) is 9.46. The molecule has 0 unspecified atom stereocenters. The van der Waals surface area contributed by atoms with E-state index < -0.39 is 9.84 Å². The number of fused-ring (bicyclic) bond motifs is 1. The van der Waals surface area contributed by atoms with Crippen LogP contribution in [-0.2, 0) is 22.8 Å². The molecule has 0 fully saturated rings. The van der Waals surface area contributed by atoms with Gasteiger partial charge in [0.25, 0.3) is 0 Å². The van der Waals surface area contributed by atoms with Crippen molar-refractivity contribution in [1.29, 1.82) is 0 Å². The van der Waals surface area contributed by atoms with Gasteiger partial charge in [-0.15, -0.1) is 0 Å². The van der Waals surface area contributed by atoms with Gasteiger partial charge < -0.3 is 4.57 Å². The second-order valence-corrected chi connectivity index (χ2v) is 7.85. The van der Waals surface area contributed by atoms with Crippen LogP contribution >= 0.6 is 0 Å². The highest BCUT2D eigenvalue weighted by Gasteiger charge is 2.13. The molecule has 0 saturated heterocycles. The molecule has 0 N–H and O–H groups in total. The number of pyridine rings is 1. The first kappa shape index (κ1) is 15.9.